The van der Waals surface area contributed by atoms with E-state index in [4.69, 9.17) is 7.98 Å². The lowest BCUT2D eigenvalue weighted by atomic mass is 10.0. The summed E-state index contributed by atoms with van der Waals surface area (Å²) in [5.41, 5.74) is 1.31. The minimum atomic E-state index is 0.533. The molecule has 1 rings (SSSR count). The van der Waals surface area contributed by atoms with Crippen molar-refractivity contribution < 1.29 is 0 Å². The number of hydrogen-bond donors (Lipinski definition) is 0. The fraction of sp³-hybridized carbons (Fsp3) is 0.333. The number of benzene rings is 1. The van der Waals surface area contributed by atoms with Gasteiger partial charge in [-0.2, -0.15) is 0 Å². The first kappa shape index (κ1) is 10.9. The fourth-order valence-corrected chi connectivity index (χ4v) is 1.31. The molecule has 1 aromatic rings. The summed E-state index contributed by atoms with van der Waals surface area (Å²) in [5.74, 6) is 0.533. The van der Waals surface area contributed by atoms with Gasteiger partial charge in [0.2, 0.25) is 7.98 Å². The van der Waals surface area contributed by atoms with E-state index >= 15 is 0 Å². The van der Waals surface area contributed by atoms with E-state index in [0.717, 1.165) is 10.4 Å². The summed E-state index contributed by atoms with van der Waals surface area (Å²) in [5, 5.41) is 2.09. The molecular formula is C12H16BN. The summed E-state index contributed by atoms with van der Waals surface area (Å²) in [6, 6.07) is 6.28. The van der Waals surface area contributed by atoms with E-state index in [1.165, 1.54) is 5.56 Å². The second kappa shape index (κ2) is 4.36. The molecular weight excluding hydrogens is 169 g/mol. The maximum absolute atomic E-state index is 5.57. The van der Waals surface area contributed by atoms with Crippen LogP contribution in [0.15, 0.2) is 18.2 Å². The minimum Gasteiger partial charge on any atom is -0.433 e. The molecule has 0 spiro atoms. The summed E-state index contributed by atoms with van der Waals surface area (Å²) in [7, 11) is 7.38. The SMILES string of the molecule is [B]N(C)/C=c1/cc(C(C)C)ccc1=C. The maximum atomic E-state index is 5.57. The summed E-state index contributed by atoms with van der Waals surface area (Å²) in [6.07, 6.45) is 1.88. The third-order valence-corrected chi connectivity index (χ3v) is 2.18. The van der Waals surface area contributed by atoms with Crippen molar-refractivity contribution in [3.8, 4) is 0 Å². The third-order valence-electron chi connectivity index (χ3n) is 2.18. The predicted octanol–water partition coefficient (Wildman–Crippen LogP) is 0.974. The van der Waals surface area contributed by atoms with Gasteiger partial charge in [-0.05, 0) is 41.2 Å². The molecule has 0 aliphatic carbocycles. The summed E-state index contributed by atoms with van der Waals surface area (Å²) < 4.78 is 0. The van der Waals surface area contributed by atoms with Crippen molar-refractivity contribution >= 4 is 20.8 Å². The zero-order chi connectivity index (χ0) is 10.7. The molecule has 0 saturated heterocycles. The van der Waals surface area contributed by atoms with Gasteiger partial charge in [0.15, 0.2) is 0 Å². The van der Waals surface area contributed by atoms with Crippen molar-refractivity contribution in [2.24, 2.45) is 0 Å². The summed E-state index contributed by atoms with van der Waals surface area (Å²) >= 11 is 0. The molecule has 0 aliphatic heterocycles. The van der Waals surface area contributed by atoms with Crippen LogP contribution in [0, 0.1) is 0 Å². The molecule has 14 heavy (non-hydrogen) atoms. The molecule has 72 valence electrons. The van der Waals surface area contributed by atoms with E-state index in [1.54, 1.807) is 4.81 Å². The van der Waals surface area contributed by atoms with Crippen LogP contribution in [0.1, 0.15) is 25.3 Å². The van der Waals surface area contributed by atoms with Gasteiger partial charge in [0.1, 0.15) is 0 Å². The number of rotatable bonds is 2. The zero-order valence-corrected chi connectivity index (χ0v) is 9.12. The van der Waals surface area contributed by atoms with Crippen LogP contribution < -0.4 is 10.4 Å². The van der Waals surface area contributed by atoms with Crippen LogP contribution in [0.3, 0.4) is 0 Å². The highest BCUT2D eigenvalue weighted by Gasteiger charge is 1.97. The van der Waals surface area contributed by atoms with Gasteiger partial charge in [-0.15, -0.1) is 0 Å². The normalized spacial score (nSPS) is 12.1. The van der Waals surface area contributed by atoms with Crippen molar-refractivity contribution in [1.82, 2.24) is 4.81 Å². The van der Waals surface area contributed by atoms with Crippen molar-refractivity contribution in [2.75, 3.05) is 7.05 Å². The Labute approximate surface area is 87.2 Å². The standard InChI is InChI=1S/C12H16BN/c1-9(2)11-6-5-10(3)12(7-11)8-14(4)13/h5-9H,3H2,1-2,4H3/b12-8-. The molecule has 0 N–H and O–H groups in total. The van der Waals surface area contributed by atoms with Crippen LogP contribution in [0.5, 0.6) is 0 Å². The fourth-order valence-electron chi connectivity index (χ4n) is 1.31. The summed E-state index contributed by atoms with van der Waals surface area (Å²) in [6.45, 7) is 8.31. The second-order valence-electron chi connectivity index (χ2n) is 3.91. The van der Waals surface area contributed by atoms with Crippen molar-refractivity contribution in [1.29, 1.82) is 0 Å². The van der Waals surface area contributed by atoms with Crippen LogP contribution in [-0.4, -0.2) is 19.8 Å². The third kappa shape index (κ3) is 2.66. The molecule has 0 fully saturated rings. The molecule has 0 amide bonds. The Morgan fingerprint density at radius 1 is 1.43 bits per heavy atom. The highest BCUT2D eigenvalue weighted by molar-refractivity contribution is 6.06. The molecule has 0 atom stereocenters. The van der Waals surface area contributed by atoms with Crippen LogP contribution in [0.2, 0.25) is 0 Å². The Hall–Kier alpha value is -1.18. The van der Waals surface area contributed by atoms with E-state index in [0.29, 0.717) is 5.92 Å². The lowest BCUT2D eigenvalue weighted by molar-refractivity contribution is 0.808. The van der Waals surface area contributed by atoms with E-state index in [1.807, 2.05) is 19.3 Å². The average Bonchev–Trinajstić information content (AvgIpc) is 2.07. The molecule has 1 nitrogen and oxygen atoms in total. The topological polar surface area (TPSA) is 3.24 Å². The van der Waals surface area contributed by atoms with E-state index in [2.05, 4.69) is 32.6 Å². The average molecular weight is 185 g/mol. The molecule has 0 unspecified atom stereocenters. The van der Waals surface area contributed by atoms with Gasteiger partial charge in [-0.1, -0.05) is 32.6 Å². The molecule has 0 aliphatic rings. The lowest BCUT2D eigenvalue weighted by Crippen LogP contribution is -2.26. The van der Waals surface area contributed by atoms with Crippen LogP contribution in [-0.2, 0) is 0 Å². The molecule has 1 aromatic carbocycles. The van der Waals surface area contributed by atoms with Crippen molar-refractivity contribution in [2.45, 2.75) is 19.8 Å². The Bertz CT molecular complexity index is 407. The Kier molecular flexibility index (Phi) is 3.40. The molecule has 0 bridgehead atoms. The molecule has 2 radical (unpaired) electrons. The zero-order valence-electron chi connectivity index (χ0n) is 9.12. The monoisotopic (exact) mass is 185 g/mol. The van der Waals surface area contributed by atoms with Crippen LogP contribution in [0.4, 0.5) is 0 Å². The minimum absolute atomic E-state index is 0.533. The number of nitrogens with zero attached hydrogens (tertiary/aromatic N) is 1. The van der Waals surface area contributed by atoms with E-state index in [9.17, 15) is 0 Å². The largest absolute Gasteiger partial charge is 0.433 e. The van der Waals surface area contributed by atoms with Gasteiger partial charge < -0.3 is 4.81 Å². The molecule has 0 heterocycles. The highest BCUT2D eigenvalue weighted by atomic mass is 15.0. The highest BCUT2D eigenvalue weighted by Crippen LogP contribution is 2.09. The predicted molar refractivity (Wildman–Crippen MR) is 63.3 cm³/mol. The first-order valence-corrected chi connectivity index (χ1v) is 4.79. The van der Waals surface area contributed by atoms with Gasteiger partial charge >= 0.3 is 0 Å². The maximum Gasteiger partial charge on any atom is 0.225 e. The lowest BCUT2D eigenvalue weighted by Gasteiger charge is -2.07. The Morgan fingerprint density at radius 2 is 2.07 bits per heavy atom. The van der Waals surface area contributed by atoms with E-state index in [-0.39, 0.29) is 0 Å². The number of hydrogen-bond acceptors (Lipinski definition) is 1. The van der Waals surface area contributed by atoms with Crippen LogP contribution in [0.25, 0.3) is 12.8 Å². The molecule has 2 heteroatoms. The first-order valence-electron chi connectivity index (χ1n) is 4.79. The van der Waals surface area contributed by atoms with E-state index < -0.39 is 0 Å². The van der Waals surface area contributed by atoms with Gasteiger partial charge in [-0.3, -0.25) is 0 Å². The first-order chi connectivity index (χ1) is 6.50. The van der Waals surface area contributed by atoms with Gasteiger partial charge in [0.25, 0.3) is 0 Å². The van der Waals surface area contributed by atoms with Crippen molar-refractivity contribution in [3.05, 3.63) is 34.2 Å². The Morgan fingerprint density at radius 3 is 2.57 bits per heavy atom. The smallest absolute Gasteiger partial charge is 0.225 e. The summed E-state index contributed by atoms with van der Waals surface area (Å²) in [4.78, 5) is 1.55. The molecule has 0 saturated carbocycles. The van der Waals surface area contributed by atoms with Crippen molar-refractivity contribution in [3.63, 3.8) is 0 Å². The molecule has 0 aromatic heterocycles. The van der Waals surface area contributed by atoms with Gasteiger partial charge in [0, 0.05) is 0 Å². The quantitative estimate of drug-likeness (QED) is 0.620. The second-order valence-corrected chi connectivity index (χ2v) is 3.91. The Balaban J connectivity index is 3.29. The van der Waals surface area contributed by atoms with Crippen LogP contribution >= 0.6 is 0 Å². The van der Waals surface area contributed by atoms with Gasteiger partial charge in [-0.25, -0.2) is 0 Å². The van der Waals surface area contributed by atoms with Gasteiger partial charge in [0.05, 0.1) is 0 Å².